The minimum atomic E-state index is -0.503. The van der Waals surface area contributed by atoms with Crippen LogP contribution in [0.15, 0.2) is 91.0 Å². The third kappa shape index (κ3) is 10.0. The molecule has 3 aromatic carbocycles. The van der Waals surface area contributed by atoms with Gasteiger partial charge in [-0.05, 0) is 61.1 Å². The van der Waals surface area contributed by atoms with Gasteiger partial charge in [-0.15, -0.1) is 0 Å². The Morgan fingerprint density at radius 3 is 1.82 bits per heavy atom. The van der Waals surface area contributed by atoms with Gasteiger partial charge in [0.25, 0.3) is 11.8 Å². The predicted molar refractivity (Wildman–Crippen MR) is 193 cm³/mol. The van der Waals surface area contributed by atoms with Gasteiger partial charge in [0.2, 0.25) is 5.91 Å². The number of rotatable bonds is 14. The molecule has 2 aliphatic carbocycles. The highest BCUT2D eigenvalue weighted by atomic mass is 16.5. The molecule has 2 saturated carbocycles. The number of carbonyl (C=O) groups is 3. The predicted octanol–water partition coefficient (Wildman–Crippen LogP) is 6.05. The standard InChI is InChI=1S/C40H47N5O6/c1-49-31-22-20-30(21-23-31)41-39(47)34-24-35(40(48)43-33-17-9-11-19-37(33)51-27-29-14-6-3-7-15-29)45(44-34)25-38(46)42-32-16-8-10-18-36(32)50-26-28-12-4-2-5-13-28/h2-7,12-15,20-24,32-33,36-37H,8-11,16-19,25-27H2,1H3,(H,41,47)(H,42,46)(H,43,48)/t32-,33-,36-,37-/m0/s1. The van der Waals surface area contributed by atoms with E-state index in [-0.39, 0.29) is 48.1 Å². The van der Waals surface area contributed by atoms with Crippen LogP contribution in [0.5, 0.6) is 5.75 Å². The number of carbonyl (C=O) groups excluding carboxylic acids is 3. The molecule has 3 amide bonds. The van der Waals surface area contributed by atoms with Gasteiger partial charge in [-0.1, -0.05) is 86.3 Å². The van der Waals surface area contributed by atoms with E-state index in [1.807, 2.05) is 60.7 Å². The van der Waals surface area contributed by atoms with E-state index < -0.39 is 11.8 Å². The molecule has 11 heteroatoms. The molecular weight excluding hydrogens is 646 g/mol. The summed E-state index contributed by atoms with van der Waals surface area (Å²) in [6.45, 7) is 0.674. The zero-order chi connectivity index (χ0) is 35.4. The fourth-order valence-electron chi connectivity index (χ4n) is 6.81. The molecule has 3 N–H and O–H groups in total. The molecule has 51 heavy (non-hydrogen) atoms. The summed E-state index contributed by atoms with van der Waals surface area (Å²) in [5.41, 5.74) is 2.82. The third-order valence-electron chi connectivity index (χ3n) is 9.57. The summed E-state index contributed by atoms with van der Waals surface area (Å²) in [5.74, 6) is -0.574. The van der Waals surface area contributed by atoms with Gasteiger partial charge < -0.3 is 30.2 Å². The van der Waals surface area contributed by atoms with E-state index in [1.165, 1.54) is 10.7 Å². The molecule has 1 aromatic heterocycles. The smallest absolute Gasteiger partial charge is 0.276 e. The Morgan fingerprint density at radius 2 is 1.25 bits per heavy atom. The van der Waals surface area contributed by atoms with E-state index in [4.69, 9.17) is 14.2 Å². The molecule has 4 atom stereocenters. The summed E-state index contributed by atoms with van der Waals surface area (Å²) < 4.78 is 19.1. The zero-order valence-electron chi connectivity index (χ0n) is 29.1. The number of methoxy groups -OCH3 is 1. The summed E-state index contributed by atoms with van der Waals surface area (Å²) in [7, 11) is 1.57. The summed E-state index contributed by atoms with van der Waals surface area (Å²) in [5, 5.41) is 13.6. The van der Waals surface area contributed by atoms with Gasteiger partial charge in [0.05, 0.1) is 44.6 Å². The number of anilines is 1. The van der Waals surface area contributed by atoms with Crippen molar-refractivity contribution in [3.8, 4) is 5.75 Å². The van der Waals surface area contributed by atoms with Crippen LogP contribution in [0.25, 0.3) is 0 Å². The number of amides is 3. The van der Waals surface area contributed by atoms with Gasteiger partial charge in [-0.3, -0.25) is 14.4 Å². The largest absolute Gasteiger partial charge is 0.497 e. The Labute approximate surface area is 299 Å². The summed E-state index contributed by atoms with van der Waals surface area (Å²) in [4.78, 5) is 40.9. The first-order chi connectivity index (χ1) is 24.9. The van der Waals surface area contributed by atoms with E-state index in [9.17, 15) is 14.4 Å². The molecule has 0 bridgehead atoms. The molecule has 4 aromatic rings. The first kappa shape index (κ1) is 35.8. The monoisotopic (exact) mass is 693 g/mol. The molecule has 1 heterocycles. The topological polar surface area (TPSA) is 133 Å². The second kappa shape index (κ2) is 17.8. The van der Waals surface area contributed by atoms with Crippen molar-refractivity contribution in [2.45, 2.75) is 95.4 Å². The van der Waals surface area contributed by atoms with Gasteiger partial charge in [0, 0.05) is 11.8 Å². The maximum atomic E-state index is 13.9. The van der Waals surface area contributed by atoms with Crippen LogP contribution in [0.2, 0.25) is 0 Å². The molecule has 2 aliphatic rings. The highest BCUT2D eigenvalue weighted by Crippen LogP contribution is 2.25. The van der Waals surface area contributed by atoms with E-state index >= 15 is 0 Å². The van der Waals surface area contributed by atoms with Crippen LogP contribution in [0.3, 0.4) is 0 Å². The first-order valence-electron chi connectivity index (χ1n) is 17.9. The average molecular weight is 694 g/mol. The SMILES string of the molecule is COc1ccc(NC(=O)c2cc(C(=O)N[C@H]3CCCC[C@@H]3OCc3ccccc3)n(CC(=O)N[C@H]3CCCC[C@@H]3OCc3ccccc3)n2)cc1. The molecule has 0 aliphatic heterocycles. The molecule has 0 radical (unpaired) electrons. The molecule has 0 saturated heterocycles. The highest BCUT2D eigenvalue weighted by molar-refractivity contribution is 6.05. The van der Waals surface area contributed by atoms with Crippen LogP contribution in [0.1, 0.15) is 83.5 Å². The quantitative estimate of drug-likeness (QED) is 0.147. The third-order valence-corrected chi connectivity index (χ3v) is 9.57. The molecule has 0 spiro atoms. The van der Waals surface area contributed by atoms with Gasteiger partial charge in [-0.2, -0.15) is 5.10 Å². The Bertz CT molecular complexity index is 1730. The number of nitrogens with one attached hydrogen (secondary N) is 3. The molecule has 2 fully saturated rings. The van der Waals surface area contributed by atoms with Crippen molar-refractivity contribution < 1.29 is 28.6 Å². The van der Waals surface area contributed by atoms with Gasteiger partial charge in [0.15, 0.2) is 5.69 Å². The molecule has 0 unspecified atom stereocenters. The average Bonchev–Trinajstić information content (AvgIpc) is 3.59. The second-order valence-corrected chi connectivity index (χ2v) is 13.2. The van der Waals surface area contributed by atoms with Crippen molar-refractivity contribution >= 4 is 23.4 Å². The Balaban J connectivity index is 1.16. The Kier molecular flexibility index (Phi) is 12.5. The summed E-state index contributed by atoms with van der Waals surface area (Å²) >= 11 is 0. The summed E-state index contributed by atoms with van der Waals surface area (Å²) in [6, 6.07) is 27.9. The Hall–Kier alpha value is -5.00. The van der Waals surface area contributed by atoms with Crippen molar-refractivity contribution in [1.29, 1.82) is 0 Å². The highest BCUT2D eigenvalue weighted by Gasteiger charge is 2.31. The van der Waals surface area contributed by atoms with Crippen molar-refractivity contribution in [3.05, 3.63) is 114 Å². The lowest BCUT2D eigenvalue weighted by Gasteiger charge is -2.32. The normalized spacial score (nSPS) is 20.3. The van der Waals surface area contributed by atoms with Crippen LogP contribution in [-0.4, -0.2) is 58.9 Å². The number of ether oxygens (including phenoxy) is 3. The van der Waals surface area contributed by atoms with E-state index in [1.54, 1.807) is 31.4 Å². The lowest BCUT2D eigenvalue weighted by atomic mass is 9.92. The van der Waals surface area contributed by atoms with Crippen LogP contribution in [-0.2, 0) is 34.0 Å². The van der Waals surface area contributed by atoms with E-state index in [0.717, 1.165) is 62.5 Å². The van der Waals surface area contributed by atoms with Crippen molar-refractivity contribution in [2.24, 2.45) is 0 Å². The minimum absolute atomic E-state index is 0.0195. The lowest BCUT2D eigenvalue weighted by molar-refractivity contribution is -0.124. The second-order valence-electron chi connectivity index (χ2n) is 13.2. The first-order valence-corrected chi connectivity index (χ1v) is 17.9. The van der Waals surface area contributed by atoms with Crippen LogP contribution >= 0.6 is 0 Å². The number of aromatic nitrogens is 2. The van der Waals surface area contributed by atoms with Gasteiger partial charge >= 0.3 is 0 Å². The minimum Gasteiger partial charge on any atom is -0.497 e. The van der Waals surface area contributed by atoms with Crippen LogP contribution in [0.4, 0.5) is 5.69 Å². The van der Waals surface area contributed by atoms with Crippen molar-refractivity contribution in [1.82, 2.24) is 20.4 Å². The van der Waals surface area contributed by atoms with Crippen molar-refractivity contribution in [3.63, 3.8) is 0 Å². The fraction of sp³-hybridized carbons (Fsp3) is 0.400. The maximum absolute atomic E-state index is 13.9. The maximum Gasteiger partial charge on any atom is 0.276 e. The van der Waals surface area contributed by atoms with Crippen LogP contribution in [0, 0.1) is 0 Å². The number of hydrogen-bond acceptors (Lipinski definition) is 7. The molecule has 268 valence electrons. The molecular formula is C40H47N5O6. The number of benzene rings is 3. The summed E-state index contributed by atoms with van der Waals surface area (Å²) in [6.07, 6.45) is 6.90. The van der Waals surface area contributed by atoms with Gasteiger partial charge in [0.1, 0.15) is 18.0 Å². The molecule has 6 rings (SSSR count). The lowest BCUT2D eigenvalue weighted by Crippen LogP contribution is -2.48. The Morgan fingerprint density at radius 1 is 0.706 bits per heavy atom. The van der Waals surface area contributed by atoms with Crippen molar-refractivity contribution in [2.75, 3.05) is 12.4 Å². The fourth-order valence-corrected chi connectivity index (χ4v) is 6.81. The van der Waals surface area contributed by atoms with E-state index in [0.29, 0.717) is 24.7 Å². The zero-order valence-corrected chi connectivity index (χ0v) is 29.1. The number of hydrogen-bond donors (Lipinski definition) is 3. The van der Waals surface area contributed by atoms with Crippen LogP contribution < -0.4 is 20.7 Å². The number of nitrogens with zero attached hydrogens (tertiary/aromatic N) is 2. The van der Waals surface area contributed by atoms with E-state index in [2.05, 4.69) is 21.0 Å². The van der Waals surface area contributed by atoms with Gasteiger partial charge in [-0.25, -0.2) is 4.68 Å². The molecule has 11 nitrogen and oxygen atoms in total.